The van der Waals surface area contributed by atoms with Gasteiger partial charge in [-0.15, -0.1) is 0 Å². The summed E-state index contributed by atoms with van der Waals surface area (Å²) in [6.45, 7) is 3.43. The monoisotopic (exact) mass is 272 g/mol. The van der Waals surface area contributed by atoms with Gasteiger partial charge >= 0.3 is 0 Å². The molecule has 1 amide bonds. The molecule has 1 aliphatic rings. The smallest absolute Gasteiger partial charge is 0.254 e. The molecule has 2 rings (SSSR count). The Bertz CT molecular complexity index is 493. The normalized spacial score (nSPS) is 23.2. The van der Waals surface area contributed by atoms with Crippen LogP contribution in [0.4, 0.5) is 13.2 Å². The lowest BCUT2D eigenvalue weighted by Gasteiger charge is -2.30. The molecule has 1 saturated heterocycles. The van der Waals surface area contributed by atoms with Crippen LogP contribution < -0.4 is 10.6 Å². The highest BCUT2D eigenvalue weighted by Crippen LogP contribution is 2.17. The molecular formula is C13H15F3N2O. The maximum atomic E-state index is 13.5. The van der Waals surface area contributed by atoms with Crippen LogP contribution in [0.5, 0.6) is 0 Å². The summed E-state index contributed by atoms with van der Waals surface area (Å²) in [7, 11) is 0. The number of benzene rings is 1. The summed E-state index contributed by atoms with van der Waals surface area (Å²) in [6, 6.07) is 1.55. The number of amides is 1. The summed E-state index contributed by atoms with van der Waals surface area (Å²) < 4.78 is 39.3. The third-order valence-electron chi connectivity index (χ3n) is 3.42. The molecule has 1 aromatic carbocycles. The van der Waals surface area contributed by atoms with Crippen LogP contribution in [0.2, 0.25) is 0 Å². The summed E-state index contributed by atoms with van der Waals surface area (Å²) in [6.07, 6.45) is 0.894. The Morgan fingerprint density at radius 3 is 2.74 bits per heavy atom. The summed E-state index contributed by atoms with van der Waals surface area (Å²) >= 11 is 0. The molecule has 3 nitrogen and oxygen atoms in total. The van der Waals surface area contributed by atoms with Gasteiger partial charge in [0.25, 0.3) is 5.91 Å². The van der Waals surface area contributed by atoms with Gasteiger partial charge in [-0.2, -0.15) is 0 Å². The summed E-state index contributed by atoms with van der Waals surface area (Å²) in [5.74, 6) is -4.85. The van der Waals surface area contributed by atoms with Gasteiger partial charge in [-0.25, -0.2) is 13.2 Å². The second kappa shape index (κ2) is 5.61. The second-order valence-corrected chi connectivity index (χ2v) is 4.77. The number of halogens is 3. The molecule has 0 bridgehead atoms. The number of hydrogen-bond donors (Lipinski definition) is 2. The molecule has 19 heavy (non-hydrogen) atoms. The van der Waals surface area contributed by atoms with Crippen molar-refractivity contribution < 1.29 is 18.0 Å². The van der Waals surface area contributed by atoms with Crippen molar-refractivity contribution in [2.75, 3.05) is 13.1 Å². The highest BCUT2D eigenvalue weighted by atomic mass is 19.2. The molecule has 0 aromatic heterocycles. The highest BCUT2D eigenvalue weighted by Gasteiger charge is 2.25. The second-order valence-electron chi connectivity index (χ2n) is 4.77. The van der Waals surface area contributed by atoms with Crippen LogP contribution >= 0.6 is 0 Å². The largest absolute Gasteiger partial charge is 0.348 e. The Morgan fingerprint density at radius 1 is 1.32 bits per heavy atom. The van der Waals surface area contributed by atoms with Crippen LogP contribution in [-0.2, 0) is 0 Å². The minimum absolute atomic E-state index is 0.145. The first-order valence-electron chi connectivity index (χ1n) is 6.15. The first-order chi connectivity index (χ1) is 9.00. The molecule has 104 valence electrons. The number of carbonyl (C=O) groups is 1. The van der Waals surface area contributed by atoms with Crippen LogP contribution in [0.15, 0.2) is 12.1 Å². The van der Waals surface area contributed by atoms with E-state index in [9.17, 15) is 18.0 Å². The molecule has 1 heterocycles. The summed E-state index contributed by atoms with van der Waals surface area (Å²) in [4.78, 5) is 11.9. The van der Waals surface area contributed by atoms with Crippen molar-refractivity contribution in [2.45, 2.75) is 19.4 Å². The van der Waals surface area contributed by atoms with E-state index in [0.29, 0.717) is 6.54 Å². The Kier molecular flexibility index (Phi) is 4.09. The van der Waals surface area contributed by atoms with Crippen LogP contribution in [0.25, 0.3) is 0 Å². The summed E-state index contributed by atoms with van der Waals surface area (Å²) in [5, 5.41) is 5.76. The van der Waals surface area contributed by atoms with Crippen LogP contribution in [0, 0.1) is 23.4 Å². The van der Waals surface area contributed by atoms with Gasteiger partial charge in [-0.3, -0.25) is 4.79 Å². The maximum absolute atomic E-state index is 13.5. The molecule has 6 heteroatoms. The molecule has 1 aromatic rings. The fourth-order valence-corrected chi connectivity index (χ4v) is 2.13. The van der Waals surface area contributed by atoms with Gasteiger partial charge in [0.05, 0.1) is 5.56 Å². The van der Waals surface area contributed by atoms with Gasteiger partial charge in [0, 0.05) is 12.6 Å². The van der Waals surface area contributed by atoms with E-state index in [0.717, 1.165) is 25.1 Å². The SMILES string of the molecule is C[C@H]1CCNC[C@@H]1NC(=O)c1ccc(F)c(F)c1F. The predicted octanol–water partition coefficient (Wildman–Crippen LogP) is 1.83. The van der Waals surface area contributed by atoms with Gasteiger partial charge in [-0.1, -0.05) is 6.92 Å². The summed E-state index contributed by atoms with van der Waals surface area (Å²) in [5.41, 5.74) is -0.475. The molecule has 0 radical (unpaired) electrons. The first-order valence-corrected chi connectivity index (χ1v) is 6.15. The van der Waals surface area contributed by atoms with E-state index in [-0.39, 0.29) is 12.0 Å². The average molecular weight is 272 g/mol. The van der Waals surface area contributed by atoms with Crippen molar-refractivity contribution in [2.24, 2.45) is 5.92 Å². The predicted molar refractivity (Wildman–Crippen MR) is 64.2 cm³/mol. The first kappa shape index (κ1) is 13.9. The molecule has 1 aliphatic heterocycles. The van der Waals surface area contributed by atoms with Crippen LogP contribution in [0.1, 0.15) is 23.7 Å². The van der Waals surface area contributed by atoms with E-state index >= 15 is 0 Å². The maximum Gasteiger partial charge on any atom is 0.254 e. The van der Waals surface area contributed by atoms with Crippen molar-refractivity contribution in [3.63, 3.8) is 0 Å². The van der Waals surface area contributed by atoms with Gasteiger partial charge in [0.1, 0.15) is 0 Å². The number of nitrogens with one attached hydrogen (secondary N) is 2. The Hall–Kier alpha value is -1.56. The van der Waals surface area contributed by atoms with Crippen molar-refractivity contribution in [1.29, 1.82) is 0 Å². The number of carbonyl (C=O) groups excluding carboxylic acids is 1. The molecule has 0 unspecified atom stereocenters. The standard InChI is InChI=1S/C13H15F3N2O/c1-7-4-5-17-6-10(7)18-13(19)8-2-3-9(14)12(16)11(8)15/h2-3,7,10,17H,4-6H2,1H3,(H,18,19)/t7-,10-/m0/s1. The van der Waals surface area contributed by atoms with E-state index in [1.807, 2.05) is 6.92 Å². The van der Waals surface area contributed by atoms with E-state index in [1.54, 1.807) is 0 Å². The zero-order valence-corrected chi connectivity index (χ0v) is 10.5. The molecular weight excluding hydrogens is 257 g/mol. The fourth-order valence-electron chi connectivity index (χ4n) is 2.13. The molecule has 2 N–H and O–H groups in total. The van der Waals surface area contributed by atoms with E-state index in [2.05, 4.69) is 10.6 Å². The number of rotatable bonds is 2. The van der Waals surface area contributed by atoms with Crippen LogP contribution in [-0.4, -0.2) is 25.0 Å². The topological polar surface area (TPSA) is 41.1 Å². The number of hydrogen-bond acceptors (Lipinski definition) is 2. The van der Waals surface area contributed by atoms with Gasteiger partial charge < -0.3 is 10.6 Å². The Morgan fingerprint density at radius 2 is 2.05 bits per heavy atom. The molecule has 2 atom stereocenters. The third-order valence-corrected chi connectivity index (χ3v) is 3.42. The van der Waals surface area contributed by atoms with E-state index < -0.39 is 28.9 Å². The van der Waals surface area contributed by atoms with Crippen molar-refractivity contribution >= 4 is 5.91 Å². The van der Waals surface area contributed by atoms with Gasteiger partial charge in [0.2, 0.25) is 0 Å². The van der Waals surface area contributed by atoms with Crippen molar-refractivity contribution in [3.8, 4) is 0 Å². The highest BCUT2D eigenvalue weighted by molar-refractivity contribution is 5.94. The molecule has 0 spiro atoms. The third kappa shape index (κ3) is 2.89. The van der Waals surface area contributed by atoms with Crippen molar-refractivity contribution in [3.05, 3.63) is 35.1 Å². The lowest BCUT2D eigenvalue weighted by atomic mass is 9.94. The quantitative estimate of drug-likeness (QED) is 0.806. The lowest BCUT2D eigenvalue weighted by Crippen LogP contribution is -2.50. The number of piperidine rings is 1. The molecule has 0 saturated carbocycles. The van der Waals surface area contributed by atoms with E-state index in [1.165, 1.54) is 0 Å². The molecule has 0 aliphatic carbocycles. The van der Waals surface area contributed by atoms with Gasteiger partial charge in [0.15, 0.2) is 17.5 Å². The fraction of sp³-hybridized carbons (Fsp3) is 0.462. The Balaban J connectivity index is 2.14. The zero-order valence-electron chi connectivity index (χ0n) is 10.5. The van der Waals surface area contributed by atoms with Crippen LogP contribution in [0.3, 0.4) is 0 Å². The van der Waals surface area contributed by atoms with E-state index in [4.69, 9.17) is 0 Å². The Labute approximate surface area is 109 Å². The minimum Gasteiger partial charge on any atom is -0.348 e. The zero-order chi connectivity index (χ0) is 14.0. The lowest BCUT2D eigenvalue weighted by molar-refractivity contribution is 0.0910. The van der Waals surface area contributed by atoms with Gasteiger partial charge in [-0.05, 0) is 31.0 Å². The minimum atomic E-state index is -1.62. The molecule has 1 fully saturated rings. The average Bonchev–Trinajstić information content (AvgIpc) is 2.39. The van der Waals surface area contributed by atoms with Crippen molar-refractivity contribution in [1.82, 2.24) is 10.6 Å².